The first-order valence-electron chi connectivity index (χ1n) is 5.25. The molecular weight excluding hydrogens is 226 g/mol. The van der Waals surface area contributed by atoms with Crippen molar-refractivity contribution in [1.29, 1.82) is 0 Å². The second kappa shape index (κ2) is 7.56. The molecular formula is C11H17NO5. The van der Waals surface area contributed by atoms with Crippen molar-refractivity contribution in [2.45, 2.75) is 19.8 Å². The van der Waals surface area contributed by atoms with Crippen molar-refractivity contribution in [3.63, 3.8) is 0 Å². The van der Waals surface area contributed by atoms with Crippen LogP contribution in [0.4, 0.5) is 0 Å². The van der Waals surface area contributed by atoms with Gasteiger partial charge in [-0.25, -0.2) is 9.59 Å². The Bertz CT molecular complexity index is 323. The molecule has 17 heavy (non-hydrogen) atoms. The van der Waals surface area contributed by atoms with Gasteiger partial charge in [0, 0.05) is 19.5 Å². The zero-order chi connectivity index (χ0) is 13.4. The van der Waals surface area contributed by atoms with E-state index in [1.165, 1.54) is 0 Å². The average Bonchev–Trinajstić information content (AvgIpc) is 2.29. The van der Waals surface area contributed by atoms with Crippen LogP contribution in [0.1, 0.15) is 19.8 Å². The van der Waals surface area contributed by atoms with Crippen LogP contribution in [0, 0.1) is 0 Å². The van der Waals surface area contributed by atoms with Crippen LogP contribution in [0.2, 0.25) is 0 Å². The molecule has 0 aromatic rings. The van der Waals surface area contributed by atoms with Gasteiger partial charge in [0.2, 0.25) is 0 Å². The first kappa shape index (κ1) is 15.3. The second-order valence-corrected chi connectivity index (χ2v) is 3.63. The molecule has 96 valence electrons. The van der Waals surface area contributed by atoms with E-state index >= 15 is 0 Å². The fourth-order valence-corrected chi connectivity index (χ4v) is 1.25. The molecule has 0 atom stereocenters. The van der Waals surface area contributed by atoms with Gasteiger partial charge >= 0.3 is 11.9 Å². The van der Waals surface area contributed by atoms with Crippen LogP contribution in [0.3, 0.4) is 0 Å². The van der Waals surface area contributed by atoms with Crippen molar-refractivity contribution in [3.05, 3.63) is 11.6 Å². The number of nitrogens with zero attached hydrogens (tertiary/aromatic N) is 1. The number of carboxylic acid groups (broad SMARTS) is 2. The van der Waals surface area contributed by atoms with Crippen molar-refractivity contribution >= 4 is 17.7 Å². The fraction of sp³-hybridized carbons (Fsp3) is 0.545. The van der Waals surface area contributed by atoms with Gasteiger partial charge in [-0.1, -0.05) is 13.0 Å². The lowest BCUT2D eigenvalue weighted by Gasteiger charge is -2.20. The number of hydrogen-bond acceptors (Lipinski definition) is 4. The summed E-state index contributed by atoms with van der Waals surface area (Å²) in [6.45, 7) is 3.88. The Morgan fingerprint density at radius 2 is 1.82 bits per heavy atom. The molecule has 0 bridgehead atoms. The van der Waals surface area contributed by atoms with Gasteiger partial charge in [-0.05, 0) is 19.0 Å². The van der Waals surface area contributed by atoms with E-state index in [0.717, 1.165) is 25.1 Å². The lowest BCUT2D eigenvalue weighted by Crippen LogP contribution is -2.26. The highest BCUT2D eigenvalue weighted by Gasteiger charge is 2.12. The Balaban J connectivity index is 0.000000366. The van der Waals surface area contributed by atoms with Crippen molar-refractivity contribution in [3.8, 4) is 0 Å². The van der Waals surface area contributed by atoms with Crippen molar-refractivity contribution in [2.75, 3.05) is 20.1 Å². The molecule has 1 rings (SSSR count). The molecule has 6 nitrogen and oxygen atoms in total. The first-order chi connectivity index (χ1) is 7.88. The molecule has 2 N–H and O–H groups in total. The highest BCUT2D eigenvalue weighted by atomic mass is 16.4. The van der Waals surface area contributed by atoms with E-state index in [1.54, 1.807) is 0 Å². The predicted octanol–water partition coefficient (Wildman–Crippen LogP) is 0.383. The van der Waals surface area contributed by atoms with E-state index in [9.17, 15) is 4.79 Å². The predicted molar refractivity (Wildman–Crippen MR) is 60.8 cm³/mol. The van der Waals surface area contributed by atoms with Crippen LogP contribution < -0.4 is 0 Å². The fourth-order valence-electron chi connectivity index (χ4n) is 1.25. The largest absolute Gasteiger partial charge is 0.473 e. The van der Waals surface area contributed by atoms with E-state index in [1.807, 2.05) is 6.92 Å². The first-order valence-corrected chi connectivity index (χ1v) is 5.25. The zero-order valence-electron chi connectivity index (χ0n) is 9.97. The normalized spacial score (nSPS) is 15.3. The topological polar surface area (TPSA) is 94.9 Å². The number of rotatable bonds is 2. The molecule has 0 saturated heterocycles. The minimum absolute atomic E-state index is 0.318. The lowest BCUT2D eigenvalue weighted by atomic mass is 10.0. The van der Waals surface area contributed by atoms with E-state index < -0.39 is 11.9 Å². The summed E-state index contributed by atoms with van der Waals surface area (Å²) >= 11 is 0. The van der Waals surface area contributed by atoms with Crippen LogP contribution in [0.15, 0.2) is 11.6 Å². The zero-order valence-corrected chi connectivity index (χ0v) is 9.97. The third kappa shape index (κ3) is 6.47. The minimum Gasteiger partial charge on any atom is -0.473 e. The van der Waals surface area contributed by atoms with Crippen LogP contribution in [0.5, 0.6) is 0 Å². The van der Waals surface area contributed by atoms with Crippen molar-refractivity contribution in [2.24, 2.45) is 0 Å². The van der Waals surface area contributed by atoms with Gasteiger partial charge in [-0.15, -0.1) is 0 Å². The van der Waals surface area contributed by atoms with Gasteiger partial charge in [0.1, 0.15) is 0 Å². The molecule has 1 aliphatic rings. The third-order valence-electron chi connectivity index (χ3n) is 2.27. The summed E-state index contributed by atoms with van der Waals surface area (Å²) in [5.74, 6) is -3.33. The van der Waals surface area contributed by atoms with Crippen molar-refractivity contribution in [1.82, 2.24) is 4.90 Å². The molecule has 1 heterocycles. The highest BCUT2D eigenvalue weighted by molar-refractivity contribution is 6.27. The number of carbonyl (C=O) groups excluding carboxylic acids is 1. The van der Waals surface area contributed by atoms with Gasteiger partial charge in [0.05, 0.1) is 0 Å². The van der Waals surface area contributed by atoms with Crippen molar-refractivity contribution < 1.29 is 24.6 Å². The summed E-state index contributed by atoms with van der Waals surface area (Å²) < 4.78 is 0. The van der Waals surface area contributed by atoms with E-state index in [-0.39, 0.29) is 0 Å². The molecule has 0 spiro atoms. The van der Waals surface area contributed by atoms with E-state index in [2.05, 4.69) is 18.0 Å². The smallest absolute Gasteiger partial charge is 0.414 e. The Hall–Kier alpha value is -1.69. The van der Waals surface area contributed by atoms with Gasteiger partial charge in [-0.3, -0.25) is 4.79 Å². The summed E-state index contributed by atoms with van der Waals surface area (Å²) in [5, 5.41) is 14.8. The standard InChI is InChI=1S/C9H15NO.C2H2O4/c1-3-9(11)8-4-6-10(2)7-5-8;3-1(4)2(5)6/h4H,3,5-7H2,1-2H3;(H,3,4)(H,5,6). The Morgan fingerprint density at radius 1 is 1.29 bits per heavy atom. The molecule has 0 aromatic carbocycles. The van der Waals surface area contributed by atoms with Gasteiger partial charge in [0.25, 0.3) is 0 Å². The average molecular weight is 243 g/mol. The maximum absolute atomic E-state index is 11.2. The lowest BCUT2D eigenvalue weighted by molar-refractivity contribution is -0.159. The van der Waals surface area contributed by atoms with Crippen LogP contribution in [0.25, 0.3) is 0 Å². The number of Topliss-reactive ketones (excluding diaryl/α,β-unsaturated/α-hetero) is 1. The molecule has 0 aliphatic carbocycles. The number of carbonyl (C=O) groups is 3. The van der Waals surface area contributed by atoms with Gasteiger partial charge in [0.15, 0.2) is 5.78 Å². The summed E-state index contributed by atoms with van der Waals surface area (Å²) in [5.41, 5.74) is 1.03. The van der Waals surface area contributed by atoms with E-state index in [4.69, 9.17) is 19.8 Å². The third-order valence-corrected chi connectivity index (χ3v) is 2.27. The van der Waals surface area contributed by atoms with E-state index in [0.29, 0.717) is 12.2 Å². The van der Waals surface area contributed by atoms with Crippen LogP contribution in [-0.4, -0.2) is 53.0 Å². The molecule has 0 amide bonds. The van der Waals surface area contributed by atoms with Crippen LogP contribution >= 0.6 is 0 Å². The Kier molecular flexibility index (Phi) is 6.81. The van der Waals surface area contributed by atoms with Gasteiger partial charge < -0.3 is 15.1 Å². The molecule has 0 saturated carbocycles. The summed E-state index contributed by atoms with van der Waals surface area (Å²) in [4.78, 5) is 31.6. The number of hydrogen-bond donors (Lipinski definition) is 2. The summed E-state index contributed by atoms with van der Waals surface area (Å²) in [6.07, 6.45) is 3.63. The number of likely N-dealkylation sites (N-methyl/N-ethyl adjacent to an activating group) is 1. The Morgan fingerprint density at radius 3 is 2.12 bits per heavy atom. The molecule has 6 heteroatoms. The maximum Gasteiger partial charge on any atom is 0.414 e. The van der Waals surface area contributed by atoms with Gasteiger partial charge in [-0.2, -0.15) is 0 Å². The number of ketones is 1. The number of carboxylic acids is 2. The molecule has 1 aliphatic heterocycles. The Labute approximate surface area is 99.5 Å². The van der Waals surface area contributed by atoms with Crippen LogP contribution in [-0.2, 0) is 14.4 Å². The second-order valence-electron chi connectivity index (χ2n) is 3.63. The highest BCUT2D eigenvalue weighted by Crippen LogP contribution is 2.11. The minimum atomic E-state index is -1.82. The summed E-state index contributed by atoms with van der Waals surface area (Å²) in [6, 6.07) is 0. The molecule has 0 unspecified atom stereocenters. The monoisotopic (exact) mass is 243 g/mol. The molecule has 0 radical (unpaired) electrons. The SMILES string of the molecule is CCC(=O)C1=CCN(C)CC1.O=C(O)C(=O)O. The molecule has 0 aromatic heterocycles. The quantitative estimate of drug-likeness (QED) is 0.681. The molecule has 0 fully saturated rings. The summed E-state index contributed by atoms with van der Waals surface area (Å²) in [7, 11) is 2.07. The maximum atomic E-state index is 11.2. The number of aliphatic carboxylic acids is 2.